The molecule has 0 fully saturated rings. The van der Waals surface area contributed by atoms with Crippen molar-refractivity contribution in [1.82, 2.24) is 0 Å². The Morgan fingerprint density at radius 3 is 1.87 bits per heavy atom. The third-order valence-electron chi connectivity index (χ3n) is 2.60. The van der Waals surface area contributed by atoms with Gasteiger partial charge in [0.2, 0.25) is 5.91 Å². The molecule has 3 heteroatoms. The van der Waals surface area contributed by atoms with Crippen LogP contribution in [0.5, 0.6) is 0 Å². The number of carbonyl (C=O) groups is 1. The lowest BCUT2D eigenvalue weighted by atomic mass is 10.1. The fourth-order valence-electron chi connectivity index (χ4n) is 1.66. The predicted octanol–water partition coefficient (Wildman–Crippen LogP) is 3.54. The van der Waals surface area contributed by atoms with Gasteiger partial charge in [-0.2, -0.15) is 0 Å². The van der Waals surface area contributed by atoms with Crippen molar-refractivity contribution in [2.24, 2.45) is 5.73 Å². The van der Waals surface area contributed by atoms with E-state index in [0.717, 1.165) is 12.8 Å². The first-order chi connectivity index (χ1) is 6.92. The lowest BCUT2D eigenvalue weighted by Gasteiger charge is -2.14. The molecule has 0 aliphatic carbocycles. The summed E-state index contributed by atoms with van der Waals surface area (Å²) in [7, 11) is -0.809. The minimum Gasteiger partial charge on any atom is -0.370 e. The molecule has 0 saturated carbocycles. The topological polar surface area (TPSA) is 43.1 Å². The molecule has 1 amide bonds. The molecule has 0 atom stereocenters. The molecule has 2 nitrogen and oxygen atoms in total. The van der Waals surface area contributed by atoms with Crippen LogP contribution in [-0.4, -0.2) is 14.0 Å². The van der Waals surface area contributed by atoms with Crippen molar-refractivity contribution in [2.45, 2.75) is 70.6 Å². The average Bonchev–Trinajstić information content (AvgIpc) is 2.07. The normalized spacial score (nSPS) is 11.7. The molecule has 0 rings (SSSR count). The third kappa shape index (κ3) is 13.7. The van der Waals surface area contributed by atoms with Gasteiger partial charge in [-0.1, -0.05) is 57.8 Å². The van der Waals surface area contributed by atoms with Crippen molar-refractivity contribution in [3.63, 3.8) is 0 Å². The van der Waals surface area contributed by atoms with Crippen LogP contribution >= 0.6 is 0 Å². The van der Waals surface area contributed by atoms with Crippen molar-refractivity contribution < 1.29 is 4.79 Å². The summed E-state index contributed by atoms with van der Waals surface area (Å²) in [6, 6.07) is 1.45. The van der Waals surface area contributed by atoms with Gasteiger partial charge in [-0.15, -0.1) is 0 Å². The number of nitrogens with two attached hydrogens (primary N) is 1. The Hall–Kier alpha value is -0.313. The quantitative estimate of drug-likeness (QED) is 0.477. The van der Waals surface area contributed by atoms with Gasteiger partial charge in [0.15, 0.2) is 0 Å². The van der Waals surface area contributed by atoms with Gasteiger partial charge in [0.25, 0.3) is 0 Å². The molecule has 0 heterocycles. The average molecular weight is 229 g/mol. The zero-order valence-corrected chi connectivity index (χ0v) is 11.6. The maximum Gasteiger partial charge on any atom is 0.217 e. The highest BCUT2D eigenvalue weighted by atomic mass is 28.3. The number of hydrogen-bond acceptors (Lipinski definition) is 1. The fourth-order valence-corrected chi connectivity index (χ4v) is 2.97. The zero-order valence-electron chi connectivity index (χ0n) is 10.6. The molecule has 15 heavy (non-hydrogen) atoms. The number of amides is 1. The zero-order chi connectivity index (χ0) is 11.7. The van der Waals surface area contributed by atoms with E-state index < -0.39 is 8.07 Å². The molecule has 0 aromatic rings. The molecule has 0 aromatic heterocycles. The van der Waals surface area contributed by atoms with Crippen LogP contribution in [-0.2, 0) is 4.79 Å². The van der Waals surface area contributed by atoms with Crippen molar-refractivity contribution >= 4 is 14.0 Å². The summed E-state index contributed by atoms with van der Waals surface area (Å²) in [6.45, 7) is 7.29. The summed E-state index contributed by atoms with van der Waals surface area (Å²) in [5.41, 5.74) is 5.07. The van der Waals surface area contributed by atoms with Gasteiger partial charge >= 0.3 is 0 Å². The summed E-state index contributed by atoms with van der Waals surface area (Å²) in [5, 5.41) is 0. The standard InChI is InChI=1S/C12H27NOSi/c1-15(2,3)11-9-7-5-4-6-8-10-12(13)14/h4-11H2,1-3H3,(H2,13,14). The van der Waals surface area contributed by atoms with E-state index in [1.165, 1.54) is 31.7 Å². The molecule has 0 aliphatic rings. The van der Waals surface area contributed by atoms with E-state index in [9.17, 15) is 4.79 Å². The molecule has 0 aromatic carbocycles. The van der Waals surface area contributed by atoms with E-state index in [1.807, 2.05) is 0 Å². The lowest BCUT2D eigenvalue weighted by molar-refractivity contribution is -0.118. The van der Waals surface area contributed by atoms with Crippen molar-refractivity contribution in [1.29, 1.82) is 0 Å². The SMILES string of the molecule is C[Si](C)(C)CCCCCCCCC(N)=O. The molecule has 0 aliphatic heterocycles. The first kappa shape index (κ1) is 14.7. The fraction of sp³-hybridized carbons (Fsp3) is 0.917. The second-order valence-corrected chi connectivity index (χ2v) is 11.3. The maximum absolute atomic E-state index is 10.5. The first-order valence-electron chi connectivity index (χ1n) is 6.20. The minimum absolute atomic E-state index is 0.159. The Balaban J connectivity index is 3.09. The second kappa shape index (κ2) is 7.91. The van der Waals surface area contributed by atoms with E-state index in [-0.39, 0.29) is 5.91 Å². The largest absolute Gasteiger partial charge is 0.370 e. The Morgan fingerprint density at radius 1 is 0.933 bits per heavy atom. The molecule has 0 radical (unpaired) electrons. The van der Waals surface area contributed by atoms with Crippen molar-refractivity contribution in [3.05, 3.63) is 0 Å². The summed E-state index contributed by atoms with van der Waals surface area (Å²) in [5.74, 6) is -0.159. The van der Waals surface area contributed by atoms with Crippen LogP contribution in [0.3, 0.4) is 0 Å². The van der Waals surface area contributed by atoms with Gasteiger partial charge in [-0.25, -0.2) is 0 Å². The van der Waals surface area contributed by atoms with E-state index in [2.05, 4.69) is 19.6 Å². The van der Waals surface area contributed by atoms with E-state index in [1.54, 1.807) is 0 Å². The van der Waals surface area contributed by atoms with Gasteiger partial charge in [-0.3, -0.25) is 4.79 Å². The third-order valence-corrected chi connectivity index (χ3v) is 4.45. The molecule has 0 bridgehead atoms. The highest BCUT2D eigenvalue weighted by molar-refractivity contribution is 6.76. The van der Waals surface area contributed by atoms with Crippen molar-refractivity contribution in [2.75, 3.05) is 0 Å². The van der Waals surface area contributed by atoms with Gasteiger partial charge in [0.05, 0.1) is 0 Å². The number of carbonyl (C=O) groups excluding carboxylic acids is 1. The van der Waals surface area contributed by atoms with Crippen molar-refractivity contribution in [3.8, 4) is 0 Å². The lowest BCUT2D eigenvalue weighted by Crippen LogP contribution is -2.18. The summed E-state index contributed by atoms with van der Waals surface area (Å²) < 4.78 is 0. The van der Waals surface area contributed by atoms with Crippen LogP contribution < -0.4 is 5.73 Å². The van der Waals surface area contributed by atoms with Crippen LogP contribution in [0.1, 0.15) is 44.9 Å². The van der Waals surface area contributed by atoms with Crippen LogP contribution in [0, 0.1) is 0 Å². The maximum atomic E-state index is 10.5. The molecular formula is C12H27NOSi. The predicted molar refractivity (Wildman–Crippen MR) is 69.7 cm³/mol. The summed E-state index contributed by atoms with van der Waals surface area (Å²) in [6.07, 6.45) is 8.04. The molecule has 90 valence electrons. The van der Waals surface area contributed by atoms with Crippen LogP contribution in [0.2, 0.25) is 25.7 Å². The number of unbranched alkanes of at least 4 members (excludes halogenated alkanes) is 5. The van der Waals surface area contributed by atoms with E-state index in [4.69, 9.17) is 5.73 Å². The van der Waals surface area contributed by atoms with Gasteiger partial charge in [0, 0.05) is 14.5 Å². The minimum atomic E-state index is -0.809. The van der Waals surface area contributed by atoms with Crippen LogP contribution in [0.15, 0.2) is 0 Å². The first-order valence-corrected chi connectivity index (χ1v) is 9.91. The number of rotatable bonds is 9. The Kier molecular flexibility index (Phi) is 7.75. The highest BCUT2D eigenvalue weighted by Gasteiger charge is 2.11. The van der Waals surface area contributed by atoms with Gasteiger partial charge in [-0.05, 0) is 6.42 Å². The van der Waals surface area contributed by atoms with Gasteiger partial charge < -0.3 is 5.73 Å². The Labute approximate surface area is 95.6 Å². The Morgan fingerprint density at radius 2 is 1.40 bits per heavy atom. The van der Waals surface area contributed by atoms with Crippen LogP contribution in [0.25, 0.3) is 0 Å². The molecule has 0 saturated heterocycles. The van der Waals surface area contributed by atoms with Gasteiger partial charge in [0.1, 0.15) is 0 Å². The Bertz CT molecular complexity index is 175. The smallest absolute Gasteiger partial charge is 0.217 e. The summed E-state index contributed by atoms with van der Waals surface area (Å²) >= 11 is 0. The van der Waals surface area contributed by atoms with Crippen LogP contribution in [0.4, 0.5) is 0 Å². The van der Waals surface area contributed by atoms with E-state index in [0.29, 0.717) is 6.42 Å². The highest BCUT2D eigenvalue weighted by Crippen LogP contribution is 2.15. The summed E-state index contributed by atoms with van der Waals surface area (Å²) in [4.78, 5) is 10.5. The molecular weight excluding hydrogens is 202 g/mol. The second-order valence-electron chi connectivity index (χ2n) is 5.65. The monoisotopic (exact) mass is 229 g/mol. The molecule has 2 N–H and O–H groups in total. The molecule has 0 spiro atoms. The number of primary amides is 1. The molecule has 0 unspecified atom stereocenters. The van der Waals surface area contributed by atoms with E-state index >= 15 is 0 Å². The number of hydrogen-bond donors (Lipinski definition) is 1.